The summed E-state index contributed by atoms with van der Waals surface area (Å²) in [4.78, 5) is 11.8. The second kappa shape index (κ2) is 6.89. The Morgan fingerprint density at radius 1 is 1.09 bits per heavy atom. The molecule has 0 spiro atoms. The van der Waals surface area contributed by atoms with E-state index in [-0.39, 0.29) is 10.6 Å². The largest absolute Gasteiger partial charge is 0.325 e. The molecule has 0 heterocycles. The van der Waals surface area contributed by atoms with Gasteiger partial charge in [-0.1, -0.05) is 35.9 Å². The number of carbonyl (C=O) groups is 1. The first-order valence-electron chi connectivity index (χ1n) is 6.35. The van der Waals surface area contributed by atoms with Crippen molar-refractivity contribution in [3.05, 3.63) is 64.9 Å². The summed E-state index contributed by atoms with van der Waals surface area (Å²) in [5, 5.41) is 2.49. The molecule has 0 fully saturated rings. The fourth-order valence-corrected chi connectivity index (χ4v) is 3.48. The summed E-state index contributed by atoms with van der Waals surface area (Å²) in [6, 6.07) is 12.4. The third-order valence-corrected chi connectivity index (χ3v) is 4.62. The van der Waals surface area contributed by atoms with Crippen molar-refractivity contribution in [2.24, 2.45) is 0 Å². The first-order chi connectivity index (χ1) is 10.4. The van der Waals surface area contributed by atoms with E-state index in [2.05, 4.69) is 5.32 Å². The molecular weight excluding hydrogens is 329 g/mol. The maximum atomic E-state index is 13.6. The Morgan fingerprint density at radius 2 is 1.77 bits per heavy atom. The topological polar surface area (TPSA) is 63.2 Å². The number of sulfone groups is 1. The smallest absolute Gasteiger partial charge is 0.239 e. The Kier molecular flexibility index (Phi) is 5.15. The van der Waals surface area contributed by atoms with Crippen LogP contribution < -0.4 is 5.32 Å². The number of carbonyl (C=O) groups excluding carboxylic acids is 1. The minimum Gasteiger partial charge on any atom is -0.325 e. The van der Waals surface area contributed by atoms with Gasteiger partial charge in [0.1, 0.15) is 11.6 Å². The Labute approximate surface area is 132 Å². The van der Waals surface area contributed by atoms with Crippen LogP contribution in [0.2, 0.25) is 5.02 Å². The predicted octanol–water partition coefficient (Wildman–Crippen LogP) is 3.03. The van der Waals surface area contributed by atoms with Crippen LogP contribution in [-0.2, 0) is 20.4 Å². The molecule has 116 valence electrons. The van der Waals surface area contributed by atoms with Crippen LogP contribution in [0.5, 0.6) is 0 Å². The third-order valence-electron chi connectivity index (χ3n) is 2.83. The van der Waals surface area contributed by atoms with Crippen LogP contribution in [0.15, 0.2) is 48.5 Å². The Hall–Kier alpha value is -1.92. The predicted molar refractivity (Wildman–Crippen MR) is 84.0 cm³/mol. The SMILES string of the molecule is O=C(CS(=O)(=O)Cc1c(F)cccc1Cl)Nc1ccccc1. The summed E-state index contributed by atoms with van der Waals surface area (Å²) >= 11 is 5.80. The van der Waals surface area contributed by atoms with E-state index in [9.17, 15) is 17.6 Å². The molecule has 2 rings (SSSR count). The van der Waals surface area contributed by atoms with Crippen LogP contribution in [0.4, 0.5) is 10.1 Å². The molecule has 0 saturated heterocycles. The van der Waals surface area contributed by atoms with Gasteiger partial charge in [-0.05, 0) is 24.3 Å². The van der Waals surface area contributed by atoms with Gasteiger partial charge in [-0.15, -0.1) is 0 Å². The number of halogens is 2. The molecule has 0 atom stereocenters. The summed E-state index contributed by atoms with van der Waals surface area (Å²) in [5.41, 5.74) is 0.364. The molecular formula is C15H13ClFNO3S. The van der Waals surface area contributed by atoms with Crippen molar-refractivity contribution >= 4 is 33.0 Å². The van der Waals surface area contributed by atoms with Crippen LogP contribution in [0.25, 0.3) is 0 Å². The van der Waals surface area contributed by atoms with Gasteiger partial charge in [-0.2, -0.15) is 0 Å². The van der Waals surface area contributed by atoms with Gasteiger partial charge in [0.2, 0.25) is 5.91 Å². The minimum atomic E-state index is -3.84. The average molecular weight is 342 g/mol. The first kappa shape index (κ1) is 16.5. The number of amides is 1. The van der Waals surface area contributed by atoms with Crippen molar-refractivity contribution in [3.8, 4) is 0 Å². The van der Waals surface area contributed by atoms with E-state index in [1.54, 1.807) is 30.3 Å². The maximum absolute atomic E-state index is 13.6. The molecule has 0 aliphatic carbocycles. The van der Waals surface area contributed by atoms with Gasteiger partial charge < -0.3 is 5.32 Å². The van der Waals surface area contributed by atoms with Crippen molar-refractivity contribution in [3.63, 3.8) is 0 Å². The highest BCUT2D eigenvalue weighted by Gasteiger charge is 2.21. The Balaban J connectivity index is 2.07. The summed E-state index contributed by atoms with van der Waals surface area (Å²) in [6.07, 6.45) is 0. The van der Waals surface area contributed by atoms with Gasteiger partial charge in [-0.3, -0.25) is 4.79 Å². The number of anilines is 1. The Morgan fingerprint density at radius 3 is 2.41 bits per heavy atom. The van der Waals surface area contributed by atoms with Gasteiger partial charge >= 0.3 is 0 Å². The highest BCUT2D eigenvalue weighted by atomic mass is 35.5. The standard InChI is InChI=1S/C15H13ClFNO3S/c16-13-7-4-8-14(17)12(13)9-22(20,21)10-15(19)18-11-5-2-1-3-6-11/h1-8H,9-10H2,(H,18,19). The van der Waals surface area contributed by atoms with E-state index in [4.69, 9.17) is 11.6 Å². The fourth-order valence-electron chi connectivity index (χ4n) is 1.86. The molecule has 4 nitrogen and oxygen atoms in total. The first-order valence-corrected chi connectivity index (χ1v) is 8.55. The molecule has 0 unspecified atom stereocenters. The lowest BCUT2D eigenvalue weighted by Gasteiger charge is -2.08. The summed E-state index contributed by atoms with van der Waals surface area (Å²) in [5.74, 6) is -2.76. The molecule has 0 saturated carbocycles. The summed E-state index contributed by atoms with van der Waals surface area (Å²) < 4.78 is 37.7. The van der Waals surface area contributed by atoms with Gasteiger partial charge in [0.25, 0.3) is 0 Å². The van der Waals surface area contributed by atoms with E-state index < -0.39 is 33.1 Å². The molecule has 0 bridgehead atoms. The monoisotopic (exact) mass is 341 g/mol. The quantitative estimate of drug-likeness (QED) is 0.909. The molecule has 1 amide bonds. The summed E-state index contributed by atoms with van der Waals surface area (Å²) in [7, 11) is -3.84. The van der Waals surface area contributed by atoms with Crippen LogP contribution in [-0.4, -0.2) is 20.1 Å². The second-order valence-electron chi connectivity index (χ2n) is 4.65. The number of hydrogen-bond acceptors (Lipinski definition) is 3. The molecule has 22 heavy (non-hydrogen) atoms. The van der Waals surface area contributed by atoms with Crippen molar-refractivity contribution in [1.29, 1.82) is 0 Å². The lowest BCUT2D eigenvalue weighted by molar-refractivity contribution is -0.113. The molecule has 0 radical (unpaired) electrons. The molecule has 2 aromatic rings. The van der Waals surface area contributed by atoms with Crippen molar-refractivity contribution in [2.75, 3.05) is 11.1 Å². The number of nitrogens with one attached hydrogen (secondary N) is 1. The van der Waals surface area contributed by atoms with E-state index in [1.165, 1.54) is 12.1 Å². The zero-order valence-electron chi connectivity index (χ0n) is 11.4. The van der Waals surface area contributed by atoms with E-state index in [0.29, 0.717) is 5.69 Å². The zero-order valence-corrected chi connectivity index (χ0v) is 13.0. The third kappa shape index (κ3) is 4.54. The van der Waals surface area contributed by atoms with Crippen molar-refractivity contribution < 1.29 is 17.6 Å². The minimum absolute atomic E-state index is 0.0204. The van der Waals surface area contributed by atoms with Crippen LogP contribution in [0.3, 0.4) is 0 Å². The van der Waals surface area contributed by atoms with Crippen molar-refractivity contribution in [1.82, 2.24) is 0 Å². The Bertz CT molecular complexity index is 758. The molecule has 7 heteroatoms. The van der Waals surface area contributed by atoms with E-state index >= 15 is 0 Å². The average Bonchev–Trinajstić information content (AvgIpc) is 2.43. The molecule has 0 aromatic heterocycles. The normalized spacial score (nSPS) is 11.2. The zero-order chi connectivity index (χ0) is 16.2. The number of para-hydroxylation sites is 1. The second-order valence-corrected chi connectivity index (χ2v) is 7.12. The van der Waals surface area contributed by atoms with Gasteiger partial charge in [-0.25, -0.2) is 12.8 Å². The maximum Gasteiger partial charge on any atom is 0.239 e. The van der Waals surface area contributed by atoms with Gasteiger partial charge in [0, 0.05) is 16.3 Å². The van der Waals surface area contributed by atoms with Crippen molar-refractivity contribution in [2.45, 2.75) is 5.75 Å². The molecule has 0 aliphatic heterocycles. The number of rotatable bonds is 5. The van der Waals surface area contributed by atoms with E-state index in [1.807, 2.05) is 0 Å². The highest BCUT2D eigenvalue weighted by Crippen LogP contribution is 2.21. The fraction of sp³-hybridized carbons (Fsp3) is 0.133. The van der Waals surface area contributed by atoms with Crippen LogP contribution in [0.1, 0.15) is 5.56 Å². The molecule has 1 N–H and O–H groups in total. The molecule has 2 aromatic carbocycles. The number of hydrogen-bond donors (Lipinski definition) is 1. The highest BCUT2D eigenvalue weighted by molar-refractivity contribution is 7.91. The van der Waals surface area contributed by atoms with Gasteiger partial charge in [0.15, 0.2) is 9.84 Å². The molecule has 0 aliphatic rings. The van der Waals surface area contributed by atoms with Gasteiger partial charge in [0.05, 0.1) is 5.75 Å². The lowest BCUT2D eigenvalue weighted by Crippen LogP contribution is -2.24. The lowest BCUT2D eigenvalue weighted by atomic mass is 10.2. The van der Waals surface area contributed by atoms with Crippen LogP contribution >= 0.6 is 11.6 Å². The summed E-state index contributed by atoms with van der Waals surface area (Å²) in [6.45, 7) is 0. The van der Waals surface area contributed by atoms with Crippen LogP contribution in [0, 0.1) is 5.82 Å². The van der Waals surface area contributed by atoms with E-state index in [0.717, 1.165) is 6.07 Å². The number of benzene rings is 2.